The molecule has 3 N–H and O–H groups in total. The van der Waals surface area contributed by atoms with Crippen LogP contribution in [0, 0.1) is 6.92 Å². The van der Waals surface area contributed by atoms with Crippen LogP contribution in [0.25, 0.3) is 11.0 Å². The van der Waals surface area contributed by atoms with Crippen LogP contribution in [-0.4, -0.2) is 28.0 Å². The summed E-state index contributed by atoms with van der Waals surface area (Å²) >= 11 is 10.9. The summed E-state index contributed by atoms with van der Waals surface area (Å²) < 4.78 is 2.92. The van der Waals surface area contributed by atoms with Crippen LogP contribution in [-0.2, 0) is 4.79 Å². The molecule has 2 atom stereocenters. The predicted octanol–water partition coefficient (Wildman–Crippen LogP) is 5.02. The van der Waals surface area contributed by atoms with Gasteiger partial charge in [0.05, 0.1) is 9.99 Å². The average Bonchev–Trinajstić information content (AvgIpc) is 2.96. The third kappa shape index (κ3) is 3.51. The number of H-pyrrole nitrogens is 1. The molecule has 2 aromatic rings. The predicted molar refractivity (Wildman–Crippen MR) is 107 cm³/mol. The smallest absolute Gasteiger partial charge is 0.217 e. The first-order chi connectivity index (χ1) is 11.4. The molecule has 0 spiro atoms. The van der Waals surface area contributed by atoms with E-state index in [2.05, 4.69) is 63.4 Å². The van der Waals surface area contributed by atoms with Gasteiger partial charge in [0, 0.05) is 28.0 Å². The minimum absolute atomic E-state index is 0.0170. The van der Waals surface area contributed by atoms with Crippen molar-refractivity contribution in [2.24, 2.45) is 0 Å². The van der Waals surface area contributed by atoms with Gasteiger partial charge in [0.2, 0.25) is 11.9 Å². The Labute approximate surface area is 166 Å². The summed E-state index contributed by atoms with van der Waals surface area (Å²) in [7, 11) is 0. The van der Waals surface area contributed by atoms with E-state index in [1.54, 1.807) is 6.92 Å². The number of carbonyl (C=O) groups excluding carboxylic acids is 1. The maximum absolute atomic E-state index is 11.4. The van der Waals surface area contributed by atoms with E-state index in [0.29, 0.717) is 0 Å². The van der Waals surface area contributed by atoms with Gasteiger partial charge in [0.15, 0.2) is 0 Å². The van der Waals surface area contributed by atoms with Crippen LogP contribution in [0.1, 0.15) is 38.2 Å². The van der Waals surface area contributed by atoms with Gasteiger partial charge >= 0.3 is 0 Å². The Bertz CT molecular complexity index is 744. The van der Waals surface area contributed by atoms with Crippen LogP contribution in [0.15, 0.2) is 13.4 Å². The SMILES string of the molecule is CC(=O)NC1CCCCC1Nc1nc2c(Br)c(Br)c(C)c(Br)c2[nH]1. The second-order valence-electron chi connectivity index (χ2n) is 6.22. The second kappa shape index (κ2) is 7.33. The molecule has 1 aliphatic carbocycles. The van der Waals surface area contributed by atoms with E-state index in [1.165, 1.54) is 0 Å². The third-order valence-electron chi connectivity index (χ3n) is 4.46. The zero-order chi connectivity index (χ0) is 17.4. The number of benzene rings is 1. The highest BCUT2D eigenvalue weighted by Crippen LogP contribution is 2.39. The van der Waals surface area contributed by atoms with Gasteiger partial charge in [-0.25, -0.2) is 4.98 Å². The van der Waals surface area contributed by atoms with E-state index >= 15 is 0 Å². The van der Waals surface area contributed by atoms with Crippen LogP contribution < -0.4 is 10.6 Å². The lowest BCUT2D eigenvalue weighted by Crippen LogP contribution is -2.48. The Morgan fingerprint density at radius 3 is 2.46 bits per heavy atom. The van der Waals surface area contributed by atoms with Crippen molar-refractivity contribution in [3.05, 3.63) is 19.0 Å². The van der Waals surface area contributed by atoms with Crippen molar-refractivity contribution in [2.75, 3.05) is 5.32 Å². The number of halogens is 3. The summed E-state index contributed by atoms with van der Waals surface area (Å²) in [4.78, 5) is 19.5. The van der Waals surface area contributed by atoms with Crippen molar-refractivity contribution < 1.29 is 4.79 Å². The van der Waals surface area contributed by atoms with Crippen molar-refractivity contribution in [1.29, 1.82) is 0 Å². The third-order valence-corrected chi connectivity index (χ3v) is 7.75. The molecule has 0 saturated heterocycles. The van der Waals surface area contributed by atoms with E-state index < -0.39 is 0 Å². The number of imidazole rings is 1. The number of hydrogen-bond donors (Lipinski definition) is 3. The van der Waals surface area contributed by atoms with Gasteiger partial charge in [-0.1, -0.05) is 12.8 Å². The zero-order valence-electron chi connectivity index (χ0n) is 13.5. The van der Waals surface area contributed by atoms with E-state index in [4.69, 9.17) is 4.98 Å². The molecule has 0 bridgehead atoms. The molecule has 0 radical (unpaired) electrons. The Balaban J connectivity index is 1.91. The normalized spacial score (nSPS) is 21.0. The molecule has 1 heterocycles. The van der Waals surface area contributed by atoms with Crippen LogP contribution in [0.2, 0.25) is 0 Å². The average molecular weight is 523 g/mol. The molecule has 1 aliphatic rings. The fourth-order valence-corrected chi connectivity index (χ4v) is 4.95. The molecule has 1 fully saturated rings. The van der Waals surface area contributed by atoms with Gasteiger partial charge in [0.1, 0.15) is 5.52 Å². The molecule has 2 unspecified atom stereocenters. The fourth-order valence-electron chi connectivity index (χ4n) is 3.22. The summed E-state index contributed by atoms with van der Waals surface area (Å²) in [6.45, 7) is 3.61. The summed E-state index contributed by atoms with van der Waals surface area (Å²) in [5.41, 5.74) is 2.93. The number of nitrogens with one attached hydrogen (secondary N) is 3. The van der Waals surface area contributed by atoms with Crippen LogP contribution in [0.4, 0.5) is 5.95 Å². The number of hydrogen-bond acceptors (Lipinski definition) is 3. The van der Waals surface area contributed by atoms with E-state index in [-0.39, 0.29) is 18.0 Å². The first-order valence-corrected chi connectivity index (χ1v) is 10.3. The van der Waals surface area contributed by atoms with Gasteiger partial charge in [-0.15, -0.1) is 0 Å². The second-order valence-corrected chi connectivity index (χ2v) is 8.60. The quantitative estimate of drug-likeness (QED) is 0.496. The van der Waals surface area contributed by atoms with E-state index in [1.807, 2.05) is 6.92 Å². The highest BCUT2D eigenvalue weighted by Gasteiger charge is 2.27. The number of anilines is 1. The van der Waals surface area contributed by atoms with Crippen LogP contribution >= 0.6 is 47.8 Å². The molecule has 3 rings (SSSR count). The minimum Gasteiger partial charge on any atom is -0.352 e. The van der Waals surface area contributed by atoms with Crippen LogP contribution in [0.3, 0.4) is 0 Å². The summed E-state index contributed by atoms with van der Waals surface area (Å²) in [5.74, 6) is 0.745. The van der Waals surface area contributed by atoms with Crippen molar-refractivity contribution in [1.82, 2.24) is 15.3 Å². The highest BCUT2D eigenvalue weighted by atomic mass is 79.9. The lowest BCUT2D eigenvalue weighted by molar-refractivity contribution is -0.119. The molecule has 1 saturated carbocycles. The first-order valence-electron chi connectivity index (χ1n) is 7.95. The lowest BCUT2D eigenvalue weighted by Gasteiger charge is -2.32. The van der Waals surface area contributed by atoms with Gasteiger partial charge in [-0.3, -0.25) is 4.79 Å². The first kappa shape index (κ1) is 18.2. The maximum Gasteiger partial charge on any atom is 0.217 e. The molecule has 1 aromatic carbocycles. The number of carbonyl (C=O) groups is 1. The molecule has 5 nitrogen and oxygen atoms in total. The number of nitrogens with zero attached hydrogens (tertiary/aromatic N) is 1. The van der Waals surface area contributed by atoms with Crippen molar-refractivity contribution >= 4 is 70.7 Å². The maximum atomic E-state index is 11.4. The minimum atomic E-state index is 0.0170. The lowest BCUT2D eigenvalue weighted by atomic mass is 9.90. The number of fused-ring (bicyclic) bond motifs is 1. The highest BCUT2D eigenvalue weighted by molar-refractivity contribution is 9.13. The fraction of sp³-hybridized carbons (Fsp3) is 0.500. The Hall–Kier alpha value is -0.600. The van der Waals surface area contributed by atoms with Gasteiger partial charge in [-0.05, 0) is 73.1 Å². The Kier molecular flexibility index (Phi) is 5.56. The Morgan fingerprint density at radius 1 is 1.12 bits per heavy atom. The van der Waals surface area contributed by atoms with Crippen molar-refractivity contribution in [2.45, 2.75) is 51.6 Å². The van der Waals surface area contributed by atoms with Gasteiger partial charge in [0.25, 0.3) is 0 Å². The Morgan fingerprint density at radius 2 is 1.79 bits per heavy atom. The summed E-state index contributed by atoms with van der Waals surface area (Å²) in [6, 6.07) is 0.329. The zero-order valence-corrected chi connectivity index (χ0v) is 18.2. The number of rotatable bonds is 3. The summed E-state index contributed by atoms with van der Waals surface area (Å²) in [6.07, 6.45) is 4.32. The van der Waals surface area contributed by atoms with E-state index in [9.17, 15) is 4.79 Å². The van der Waals surface area contributed by atoms with Gasteiger partial charge in [-0.2, -0.15) is 0 Å². The topological polar surface area (TPSA) is 69.8 Å². The monoisotopic (exact) mass is 520 g/mol. The molecule has 1 aromatic heterocycles. The van der Waals surface area contributed by atoms with Crippen molar-refractivity contribution in [3.63, 3.8) is 0 Å². The molecule has 8 heteroatoms. The van der Waals surface area contributed by atoms with Gasteiger partial charge < -0.3 is 15.6 Å². The molecule has 24 heavy (non-hydrogen) atoms. The van der Waals surface area contributed by atoms with E-state index in [0.717, 1.165) is 61.6 Å². The number of aromatic amines is 1. The summed E-state index contributed by atoms with van der Waals surface area (Å²) in [5, 5.41) is 6.54. The molecule has 0 aliphatic heterocycles. The molecular weight excluding hydrogens is 504 g/mol. The van der Waals surface area contributed by atoms with Crippen molar-refractivity contribution in [3.8, 4) is 0 Å². The number of amides is 1. The molecular formula is C16H19Br3N4O. The molecule has 1 amide bonds. The number of aromatic nitrogens is 2. The standard InChI is InChI=1S/C16H19Br3N4O/c1-7-11(17)13(19)15-14(12(7)18)22-16(23-15)21-10-6-4-3-5-9(10)20-8(2)24/h9-10H,3-6H2,1-2H3,(H,20,24)(H2,21,22,23). The van der Waals surface area contributed by atoms with Crippen LogP contribution in [0.5, 0.6) is 0 Å². The largest absolute Gasteiger partial charge is 0.352 e. The molecule has 130 valence electrons.